The van der Waals surface area contributed by atoms with E-state index in [1.807, 2.05) is 28.9 Å². The van der Waals surface area contributed by atoms with Crippen molar-refractivity contribution < 1.29 is 5.11 Å². The van der Waals surface area contributed by atoms with Crippen LogP contribution in [0.25, 0.3) is 28.2 Å². The fraction of sp³-hybridized carbons (Fsp3) is 0.280. The van der Waals surface area contributed by atoms with Crippen LogP contribution < -0.4 is 4.90 Å². The Labute approximate surface area is 182 Å². The fourth-order valence-corrected chi connectivity index (χ4v) is 4.22. The molecule has 0 atom stereocenters. The lowest BCUT2D eigenvalue weighted by Crippen LogP contribution is -2.48. The number of imidazole rings is 1. The summed E-state index contributed by atoms with van der Waals surface area (Å²) < 4.78 is 2.05. The molecule has 1 N–H and O–H groups in total. The summed E-state index contributed by atoms with van der Waals surface area (Å²) in [5.41, 5.74) is 6.02. The van der Waals surface area contributed by atoms with Crippen LogP contribution >= 0.6 is 0 Å². The number of benzene rings is 2. The van der Waals surface area contributed by atoms with Crippen LogP contribution in [0, 0.1) is 0 Å². The number of phenolic OH excluding ortho intramolecular Hbond substituents is 1. The zero-order chi connectivity index (χ0) is 21.4. The largest absolute Gasteiger partial charge is 0.508 e. The Kier molecular flexibility index (Phi) is 5.08. The molecule has 1 fully saturated rings. The molecule has 1 aliphatic rings. The molecule has 0 unspecified atom stereocenters. The highest BCUT2D eigenvalue weighted by molar-refractivity contribution is 5.68. The van der Waals surface area contributed by atoms with Crippen LogP contribution in [0.15, 0.2) is 67.1 Å². The molecule has 0 spiro atoms. The number of hydrogen-bond donors (Lipinski definition) is 1. The molecular weight excluding hydrogens is 386 g/mol. The summed E-state index contributed by atoms with van der Waals surface area (Å²) in [5, 5.41) is 9.58. The number of anilines is 1. The SMILES string of the molecule is CC(C)N1CCN(c2ccc(-c3cn4c(-c5ccc(O)cc5)cnc4cn3)cc2)CC1. The molecule has 2 aromatic carbocycles. The van der Waals surface area contributed by atoms with Crippen LogP contribution in [0.5, 0.6) is 5.75 Å². The second kappa shape index (κ2) is 8.04. The van der Waals surface area contributed by atoms with Gasteiger partial charge in [-0.2, -0.15) is 0 Å². The van der Waals surface area contributed by atoms with E-state index in [9.17, 15) is 5.11 Å². The van der Waals surface area contributed by atoms with E-state index in [0.29, 0.717) is 6.04 Å². The van der Waals surface area contributed by atoms with Gasteiger partial charge >= 0.3 is 0 Å². The van der Waals surface area contributed by atoms with Gasteiger partial charge in [0.1, 0.15) is 5.75 Å². The Morgan fingerprint density at radius 3 is 2.16 bits per heavy atom. The van der Waals surface area contributed by atoms with Gasteiger partial charge in [-0.1, -0.05) is 12.1 Å². The highest BCUT2D eigenvalue weighted by atomic mass is 16.3. The Hall–Kier alpha value is -3.38. The molecule has 1 saturated heterocycles. The first-order valence-corrected chi connectivity index (χ1v) is 10.8. The lowest BCUT2D eigenvalue weighted by molar-refractivity contribution is 0.209. The van der Waals surface area contributed by atoms with E-state index in [1.54, 1.807) is 18.3 Å². The molecule has 31 heavy (non-hydrogen) atoms. The normalized spacial score (nSPS) is 15.1. The van der Waals surface area contributed by atoms with Gasteiger partial charge < -0.3 is 10.0 Å². The summed E-state index contributed by atoms with van der Waals surface area (Å²) in [6.45, 7) is 8.87. The van der Waals surface area contributed by atoms with E-state index in [4.69, 9.17) is 0 Å². The second-order valence-electron chi connectivity index (χ2n) is 8.35. The monoisotopic (exact) mass is 413 g/mol. The van der Waals surface area contributed by atoms with Gasteiger partial charge in [0, 0.05) is 55.2 Å². The molecule has 0 radical (unpaired) electrons. The predicted octanol–water partition coefficient (Wildman–Crippen LogP) is 4.30. The number of hydrogen-bond acceptors (Lipinski definition) is 5. The van der Waals surface area contributed by atoms with Gasteiger partial charge in [0.15, 0.2) is 5.65 Å². The molecule has 0 saturated carbocycles. The molecule has 3 heterocycles. The minimum atomic E-state index is 0.255. The quantitative estimate of drug-likeness (QED) is 0.541. The maximum Gasteiger partial charge on any atom is 0.155 e. The zero-order valence-electron chi connectivity index (χ0n) is 17.9. The number of rotatable bonds is 4. The van der Waals surface area contributed by atoms with E-state index in [1.165, 1.54) is 5.69 Å². The van der Waals surface area contributed by atoms with Gasteiger partial charge in [-0.15, -0.1) is 0 Å². The second-order valence-corrected chi connectivity index (χ2v) is 8.35. The lowest BCUT2D eigenvalue weighted by Gasteiger charge is -2.38. The number of nitrogens with zero attached hydrogens (tertiary/aromatic N) is 5. The van der Waals surface area contributed by atoms with Crippen molar-refractivity contribution in [2.75, 3.05) is 31.1 Å². The molecule has 2 aromatic heterocycles. The predicted molar refractivity (Wildman–Crippen MR) is 124 cm³/mol. The summed E-state index contributed by atoms with van der Waals surface area (Å²) in [6, 6.07) is 16.5. The molecular formula is C25H27N5O. The summed E-state index contributed by atoms with van der Waals surface area (Å²) >= 11 is 0. The van der Waals surface area contributed by atoms with Crippen LogP contribution in [0.3, 0.4) is 0 Å². The van der Waals surface area contributed by atoms with E-state index in [0.717, 1.165) is 54.3 Å². The van der Waals surface area contributed by atoms with Crippen molar-refractivity contribution >= 4 is 11.3 Å². The Morgan fingerprint density at radius 1 is 0.806 bits per heavy atom. The lowest BCUT2D eigenvalue weighted by atomic mass is 10.1. The van der Waals surface area contributed by atoms with Crippen LogP contribution in [-0.2, 0) is 0 Å². The summed E-state index contributed by atoms with van der Waals surface area (Å²) in [6.07, 6.45) is 5.67. The van der Waals surface area contributed by atoms with Crippen molar-refractivity contribution in [1.82, 2.24) is 19.3 Å². The van der Waals surface area contributed by atoms with E-state index < -0.39 is 0 Å². The maximum absolute atomic E-state index is 9.58. The minimum Gasteiger partial charge on any atom is -0.508 e. The first-order valence-electron chi connectivity index (χ1n) is 10.8. The van der Waals surface area contributed by atoms with Gasteiger partial charge in [-0.05, 0) is 50.2 Å². The van der Waals surface area contributed by atoms with Gasteiger partial charge in [0.2, 0.25) is 0 Å². The highest BCUT2D eigenvalue weighted by Crippen LogP contribution is 2.26. The molecule has 158 valence electrons. The number of aromatic nitrogens is 3. The third kappa shape index (κ3) is 3.86. The van der Waals surface area contributed by atoms with Gasteiger partial charge in [-0.25, -0.2) is 4.98 Å². The highest BCUT2D eigenvalue weighted by Gasteiger charge is 2.19. The topological polar surface area (TPSA) is 56.9 Å². The van der Waals surface area contributed by atoms with Gasteiger partial charge in [0.25, 0.3) is 0 Å². The van der Waals surface area contributed by atoms with Crippen LogP contribution in [0.4, 0.5) is 5.69 Å². The fourth-order valence-electron chi connectivity index (χ4n) is 4.22. The standard InChI is InChI=1S/C25H27N5O/c1-18(2)28-11-13-29(14-12-28)21-7-3-19(4-8-21)23-17-30-24(15-27-25(30)16-26-23)20-5-9-22(31)10-6-20/h3-10,15-18,31H,11-14H2,1-2H3. The minimum absolute atomic E-state index is 0.255. The van der Waals surface area contributed by atoms with Crippen molar-refractivity contribution in [3.8, 4) is 28.3 Å². The van der Waals surface area contributed by atoms with Crippen molar-refractivity contribution in [2.45, 2.75) is 19.9 Å². The molecule has 1 aliphatic heterocycles. The molecule has 6 heteroatoms. The first kappa shape index (κ1) is 19.6. The maximum atomic E-state index is 9.58. The van der Waals surface area contributed by atoms with E-state index in [2.05, 4.69) is 57.9 Å². The number of fused-ring (bicyclic) bond motifs is 1. The summed E-state index contributed by atoms with van der Waals surface area (Å²) in [7, 11) is 0. The third-order valence-corrected chi connectivity index (χ3v) is 6.13. The Morgan fingerprint density at radius 2 is 1.48 bits per heavy atom. The smallest absolute Gasteiger partial charge is 0.155 e. The third-order valence-electron chi connectivity index (χ3n) is 6.13. The molecule has 0 bridgehead atoms. The van der Waals surface area contributed by atoms with Crippen molar-refractivity contribution in [1.29, 1.82) is 0 Å². The van der Waals surface area contributed by atoms with Gasteiger partial charge in [0.05, 0.1) is 23.8 Å². The van der Waals surface area contributed by atoms with Gasteiger partial charge in [-0.3, -0.25) is 14.3 Å². The summed E-state index contributed by atoms with van der Waals surface area (Å²) in [5.74, 6) is 0.255. The van der Waals surface area contributed by atoms with Crippen LogP contribution in [0.1, 0.15) is 13.8 Å². The Bertz CT molecular complexity index is 1170. The molecule has 0 amide bonds. The first-order chi connectivity index (χ1) is 15.1. The van der Waals surface area contributed by atoms with E-state index >= 15 is 0 Å². The molecule has 5 rings (SSSR count). The number of aromatic hydroxyl groups is 1. The van der Waals surface area contributed by atoms with Crippen LogP contribution in [-0.4, -0.2) is 56.6 Å². The molecule has 4 aromatic rings. The average Bonchev–Trinajstić information content (AvgIpc) is 3.23. The van der Waals surface area contributed by atoms with Crippen molar-refractivity contribution in [2.24, 2.45) is 0 Å². The van der Waals surface area contributed by atoms with Crippen molar-refractivity contribution in [3.63, 3.8) is 0 Å². The number of piperazine rings is 1. The Balaban J connectivity index is 1.39. The zero-order valence-corrected chi connectivity index (χ0v) is 17.9. The molecule has 6 nitrogen and oxygen atoms in total. The number of phenols is 1. The summed E-state index contributed by atoms with van der Waals surface area (Å²) in [4.78, 5) is 14.1. The van der Waals surface area contributed by atoms with Crippen LogP contribution in [0.2, 0.25) is 0 Å². The average molecular weight is 414 g/mol. The molecule has 0 aliphatic carbocycles. The van der Waals surface area contributed by atoms with E-state index in [-0.39, 0.29) is 5.75 Å². The van der Waals surface area contributed by atoms with Crippen molar-refractivity contribution in [3.05, 3.63) is 67.1 Å².